The van der Waals surface area contributed by atoms with Gasteiger partial charge >= 0.3 is 6.03 Å². The van der Waals surface area contributed by atoms with Gasteiger partial charge in [-0.1, -0.05) is 18.2 Å². The first kappa shape index (κ1) is 13.0. The van der Waals surface area contributed by atoms with Crippen LogP contribution in [0.1, 0.15) is 11.1 Å². The summed E-state index contributed by atoms with van der Waals surface area (Å²) < 4.78 is 0. The second-order valence-electron chi connectivity index (χ2n) is 3.57. The first-order chi connectivity index (χ1) is 7.99. The number of hydrogen-bond acceptors (Lipinski definition) is 3. The van der Waals surface area contributed by atoms with Gasteiger partial charge in [-0.3, -0.25) is 10.2 Å². The number of para-hydroxylation sites is 1. The van der Waals surface area contributed by atoms with Crippen LogP contribution in [0.2, 0.25) is 0 Å². The number of nitrogens with zero attached hydrogens (tertiary/aromatic N) is 1. The zero-order valence-corrected chi connectivity index (χ0v) is 10.1. The van der Waals surface area contributed by atoms with Crippen molar-refractivity contribution in [1.82, 2.24) is 5.48 Å². The molecule has 0 heterocycles. The van der Waals surface area contributed by atoms with Gasteiger partial charge in [0.15, 0.2) is 0 Å². The van der Waals surface area contributed by atoms with E-state index in [-0.39, 0.29) is 5.96 Å². The molecule has 0 aliphatic rings. The number of nitrogens with one attached hydrogen (secondary N) is 2. The Labute approximate surface area is 99.8 Å². The largest absolute Gasteiger partial charge is 0.369 e. The van der Waals surface area contributed by atoms with E-state index in [1.807, 2.05) is 32.0 Å². The maximum Gasteiger partial charge on any atom is 0.352 e. The molecule has 0 aliphatic heterocycles. The summed E-state index contributed by atoms with van der Waals surface area (Å²) in [4.78, 5) is 17.4. The van der Waals surface area contributed by atoms with Crippen molar-refractivity contribution in [3.8, 4) is 0 Å². The summed E-state index contributed by atoms with van der Waals surface area (Å²) in [5.41, 5.74) is 9.88. The number of urea groups is 1. The van der Waals surface area contributed by atoms with Gasteiger partial charge in [-0.05, 0) is 25.0 Å². The molecular weight excluding hydrogens is 220 g/mol. The molecule has 92 valence electrons. The van der Waals surface area contributed by atoms with E-state index >= 15 is 0 Å². The maximum atomic E-state index is 11.8. The number of amides is 2. The molecule has 0 fully saturated rings. The van der Waals surface area contributed by atoms with E-state index in [0.717, 1.165) is 16.0 Å². The van der Waals surface area contributed by atoms with Gasteiger partial charge in [0.05, 0.1) is 12.8 Å². The number of hydroxylamine groups is 1. The van der Waals surface area contributed by atoms with Crippen molar-refractivity contribution in [3.63, 3.8) is 0 Å². The Balaban J connectivity index is 3.23. The van der Waals surface area contributed by atoms with Crippen LogP contribution in [-0.2, 0) is 4.84 Å². The number of carbonyl (C=O) groups excluding carboxylic acids is 1. The average molecular weight is 236 g/mol. The lowest BCUT2D eigenvalue weighted by atomic mass is 10.1. The molecule has 0 unspecified atom stereocenters. The van der Waals surface area contributed by atoms with Crippen LogP contribution in [0.4, 0.5) is 10.5 Å². The Morgan fingerprint density at radius 2 is 1.94 bits per heavy atom. The number of carbonyl (C=O) groups is 1. The van der Waals surface area contributed by atoms with Crippen molar-refractivity contribution in [3.05, 3.63) is 29.3 Å². The standard InChI is InChI=1S/C11H16N4O2/c1-7-5-4-6-8(2)9(7)15(10(12)13)11(16)14-17-3/h4-6H,1-3H3,(H3,12,13)(H,14,16). The highest BCUT2D eigenvalue weighted by Crippen LogP contribution is 2.24. The Morgan fingerprint density at radius 3 is 2.35 bits per heavy atom. The van der Waals surface area contributed by atoms with Crippen molar-refractivity contribution >= 4 is 17.7 Å². The van der Waals surface area contributed by atoms with Gasteiger partial charge in [0.25, 0.3) is 0 Å². The molecule has 0 radical (unpaired) electrons. The lowest BCUT2D eigenvalue weighted by Gasteiger charge is -2.23. The normalized spacial score (nSPS) is 9.82. The summed E-state index contributed by atoms with van der Waals surface area (Å²) in [5.74, 6) is -0.364. The summed E-state index contributed by atoms with van der Waals surface area (Å²) in [7, 11) is 1.32. The van der Waals surface area contributed by atoms with Crippen molar-refractivity contribution < 1.29 is 9.63 Å². The summed E-state index contributed by atoms with van der Waals surface area (Å²) >= 11 is 0. The van der Waals surface area contributed by atoms with E-state index in [1.54, 1.807) is 0 Å². The molecule has 0 saturated carbocycles. The number of nitrogens with two attached hydrogens (primary N) is 1. The molecule has 6 heteroatoms. The third-order valence-electron chi connectivity index (χ3n) is 2.30. The Bertz CT molecular complexity index is 425. The lowest BCUT2D eigenvalue weighted by molar-refractivity contribution is 0.112. The second-order valence-corrected chi connectivity index (χ2v) is 3.57. The molecule has 0 spiro atoms. The van der Waals surface area contributed by atoms with Crippen LogP contribution in [0, 0.1) is 19.3 Å². The first-order valence-corrected chi connectivity index (χ1v) is 5.02. The molecule has 4 N–H and O–H groups in total. The van der Waals surface area contributed by atoms with Crippen LogP contribution in [0.3, 0.4) is 0 Å². The van der Waals surface area contributed by atoms with Crippen LogP contribution in [0.15, 0.2) is 18.2 Å². The van der Waals surface area contributed by atoms with Gasteiger partial charge in [0, 0.05) is 0 Å². The van der Waals surface area contributed by atoms with Crippen molar-refractivity contribution in [2.75, 3.05) is 12.0 Å². The molecule has 0 atom stereocenters. The fourth-order valence-electron chi connectivity index (χ4n) is 1.62. The molecule has 1 aromatic rings. The Kier molecular flexibility index (Phi) is 4.06. The number of rotatable bonds is 2. The van der Waals surface area contributed by atoms with Crippen LogP contribution in [0.25, 0.3) is 0 Å². The zero-order chi connectivity index (χ0) is 13.0. The van der Waals surface area contributed by atoms with Gasteiger partial charge in [-0.25, -0.2) is 15.2 Å². The van der Waals surface area contributed by atoms with Gasteiger partial charge in [-0.15, -0.1) is 0 Å². The third kappa shape index (κ3) is 2.73. The minimum absolute atomic E-state index is 0.364. The summed E-state index contributed by atoms with van der Waals surface area (Å²) in [5, 5.41) is 7.48. The molecule has 0 saturated heterocycles. The first-order valence-electron chi connectivity index (χ1n) is 5.02. The summed E-state index contributed by atoms with van der Waals surface area (Å²) in [6.07, 6.45) is 0. The van der Waals surface area contributed by atoms with Crippen LogP contribution < -0.4 is 16.1 Å². The molecule has 0 aliphatic carbocycles. The SMILES string of the molecule is CONC(=O)N(C(=N)N)c1c(C)cccc1C. The fraction of sp³-hybridized carbons (Fsp3) is 0.273. The molecule has 17 heavy (non-hydrogen) atoms. The van der Waals surface area contributed by atoms with Gasteiger partial charge in [0.2, 0.25) is 5.96 Å². The highest BCUT2D eigenvalue weighted by molar-refractivity contribution is 6.14. The monoisotopic (exact) mass is 236 g/mol. The predicted molar refractivity (Wildman–Crippen MR) is 65.8 cm³/mol. The fourth-order valence-corrected chi connectivity index (χ4v) is 1.62. The Hall–Kier alpha value is -2.08. The molecule has 6 nitrogen and oxygen atoms in total. The van der Waals surface area contributed by atoms with E-state index in [1.165, 1.54) is 7.11 Å². The maximum absolute atomic E-state index is 11.8. The summed E-state index contributed by atoms with van der Waals surface area (Å²) in [6, 6.07) is 4.97. The number of hydrogen-bond donors (Lipinski definition) is 3. The van der Waals surface area contributed by atoms with E-state index in [9.17, 15) is 4.79 Å². The van der Waals surface area contributed by atoms with Gasteiger partial charge in [-0.2, -0.15) is 0 Å². The molecule has 0 bridgehead atoms. The van der Waals surface area contributed by atoms with E-state index in [4.69, 9.17) is 11.1 Å². The topological polar surface area (TPSA) is 91.4 Å². The van der Waals surface area contributed by atoms with Gasteiger partial charge in [0.1, 0.15) is 0 Å². The molecule has 1 aromatic carbocycles. The molecule has 0 aromatic heterocycles. The number of anilines is 1. The predicted octanol–water partition coefficient (Wildman–Crippen LogP) is 1.27. The van der Waals surface area contributed by atoms with E-state index in [2.05, 4.69) is 10.3 Å². The van der Waals surface area contributed by atoms with E-state index < -0.39 is 6.03 Å². The van der Waals surface area contributed by atoms with E-state index in [0.29, 0.717) is 5.69 Å². The quantitative estimate of drug-likeness (QED) is 0.410. The lowest BCUT2D eigenvalue weighted by Crippen LogP contribution is -2.47. The van der Waals surface area contributed by atoms with Crippen molar-refractivity contribution in [1.29, 1.82) is 5.41 Å². The summed E-state index contributed by atoms with van der Waals surface area (Å²) in [6.45, 7) is 3.69. The second kappa shape index (κ2) is 5.31. The van der Waals surface area contributed by atoms with Crippen LogP contribution in [0.5, 0.6) is 0 Å². The van der Waals surface area contributed by atoms with Crippen molar-refractivity contribution in [2.24, 2.45) is 5.73 Å². The number of aryl methyl sites for hydroxylation is 2. The number of guanidine groups is 1. The third-order valence-corrected chi connectivity index (χ3v) is 2.30. The zero-order valence-electron chi connectivity index (χ0n) is 10.1. The smallest absolute Gasteiger partial charge is 0.352 e. The van der Waals surface area contributed by atoms with Gasteiger partial charge < -0.3 is 5.73 Å². The molecule has 2 amide bonds. The Morgan fingerprint density at radius 1 is 1.41 bits per heavy atom. The number of benzene rings is 1. The minimum atomic E-state index is -0.600. The minimum Gasteiger partial charge on any atom is -0.369 e. The molecular formula is C11H16N4O2. The average Bonchev–Trinajstić information content (AvgIpc) is 2.23. The van der Waals surface area contributed by atoms with Crippen LogP contribution in [-0.4, -0.2) is 19.1 Å². The van der Waals surface area contributed by atoms with Crippen LogP contribution >= 0.6 is 0 Å². The highest BCUT2D eigenvalue weighted by atomic mass is 16.6. The highest BCUT2D eigenvalue weighted by Gasteiger charge is 2.21. The molecule has 1 rings (SSSR count). The van der Waals surface area contributed by atoms with Crippen molar-refractivity contribution in [2.45, 2.75) is 13.8 Å².